The number of hydrogen-bond acceptors (Lipinski definition) is 5. The van der Waals surface area contributed by atoms with Crippen molar-refractivity contribution >= 4 is 63.2 Å². The summed E-state index contributed by atoms with van der Waals surface area (Å²) in [6.07, 6.45) is 1.38. The summed E-state index contributed by atoms with van der Waals surface area (Å²) < 4.78 is 5.27. The van der Waals surface area contributed by atoms with E-state index < -0.39 is 16.8 Å². The van der Waals surface area contributed by atoms with E-state index in [9.17, 15) is 14.4 Å². The van der Waals surface area contributed by atoms with Gasteiger partial charge in [0.2, 0.25) is 0 Å². The minimum absolute atomic E-state index is 0.0182. The number of imide groups is 1. The van der Waals surface area contributed by atoms with Crippen LogP contribution in [0.15, 0.2) is 62.6 Å². The zero-order valence-electron chi connectivity index (χ0n) is 14.1. The summed E-state index contributed by atoms with van der Waals surface area (Å²) in [5.74, 6) is -0.492. The van der Waals surface area contributed by atoms with Gasteiger partial charge in [-0.05, 0) is 47.7 Å². The summed E-state index contributed by atoms with van der Waals surface area (Å²) in [6.45, 7) is 0.0182. The van der Waals surface area contributed by atoms with Crippen molar-refractivity contribution in [3.8, 4) is 0 Å². The van der Waals surface area contributed by atoms with Crippen molar-refractivity contribution in [2.24, 2.45) is 0 Å². The summed E-state index contributed by atoms with van der Waals surface area (Å²) in [4.78, 5) is 38.4. The molecule has 2 amide bonds. The Bertz CT molecular complexity index is 1220. The molecule has 2 heterocycles. The number of hydrogen-bond donors (Lipinski definition) is 0. The SMILES string of the molecule is O=C1S/C(=C/c2cc3ccccc3oc2=O)C(=O)N1Cc1ccc(Cl)cc1Cl. The largest absolute Gasteiger partial charge is 0.422 e. The molecule has 4 rings (SSSR count). The molecule has 0 radical (unpaired) electrons. The Hall–Kier alpha value is -2.54. The fraction of sp³-hybridized carbons (Fsp3) is 0.0500. The molecule has 1 aliphatic heterocycles. The molecule has 1 aliphatic rings. The fourth-order valence-corrected chi connectivity index (χ4v) is 4.07. The molecule has 2 aromatic carbocycles. The van der Waals surface area contributed by atoms with Gasteiger partial charge in [-0.2, -0.15) is 0 Å². The first kappa shape index (κ1) is 18.8. The van der Waals surface area contributed by atoms with Crippen LogP contribution in [-0.2, 0) is 11.3 Å². The van der Waals surface area contributed by atoms with Crippen LogP contribution in [0.4, 0.5) is 4.79 Å². The lowest BCUT2D eigenvalue weighted by molar-refractivity contribution is -0.123. The molecule has 0 saturated carbocycles. The van der Waals surface area contributed by atoms with Crippen LogP contribution in [0, 0.1) is 0 Å². The van der Waals surface area contributed by atoms with Crippen molar-refractivity contribution in [2.45, 2.75) is 6.54 Å². The van der Waals surface area contributed by atoms with Gasteiger partial charge < -0.3 is 4.42 Å². The van der Waals surface area contributed by atoms with Gasteiger partial charge in [-0.3, -0.25) is 14.5 Å². The van der Waals surface area contributed by atoms with E-state index in [-0.39, 0.29) is 17.0 Å². The van der Waals surface area contributed by atoms with E-state index >= 15 is 0 Å². The molecule has 3 aromatic rings. The molecule has 8 heteroatoms. The van der Waals surface area contributed by atoms with Gasteiger partial charge in [0, 0.05) is 15.4 Å². The van der Waals surface area contributed by atoms with Gasteiger partial charge in [0.1, 0.15) is 5.58 Å². The maximum atomic E-state index is 12.7. The lowest BCUT2D eigenvalue weighted by Gasteiger charge is -2.13. The summed E-state index contributed by atoms with van der Waals surface area (Å²) in [6, 6.07) is 13.5. The van der Waals surface area contributed by atoms with Gasteiger partial charge >= 0.3 is 5.63 Å². The number of carbonyl (C=O) groups is 2. The quantitative estimate of drug-likeness (QED) is 0.413. The maximum absolute atomic E-state index is 12.7. The number of para-hydroxylation sites is 1. The molecule has 1 saturated heterocycles. The van der Waals surface area contributed by atoms with Crippen LogP contribution in [0.3, 0.4) is 0 Å². The number of nitrogens with zero attached hydrogens (tertiary/aromatic N) is 1. The molecule has 0 spiro atoms. The van der Waals surface area contributed by atoms with Crippen molar-refractivity contribution in [3.05, 3.63) is 85.0 Å². The molecular formula is C20H11Cl2NO4S. The van der Waals surface area contributed by atoms with E-state index in [2.05, 4.69) is 0 Å². The van der Waals surface area contributed by atoms with E-state index in [0.717, 1.165) is 22.0 Å². The van der Waals surface area contributed by atoms with E-state index in [1.54, 1.807) is 42.5 Å². The Morgan fingerprint density at radius 1 is 1.04 bits per heavy atom. The highest BCUT2D eigenvalue weighted by Crippen LogP contribution is 2.34. The topological polar surface area (TPSA) is 67.6 Å². The lowest BCUT2D eigenvalue weighted by Crippen LogP contribution is -2.27. The first-order valence-electron chi connectivity index (χ1n) is 8.14. The molecule has 140 valence electrons. The minimum Gasteiger partial charge on any atom is -0.422 e. The second-order valence-corrected chi connectivity index (χ2v) is 7.87. The molecular weight excluding hydrogens is 421 g/mol. The molecule has 0 bridgehead atoms. The number of thioether (sulfide) groups is 1. The molecule has 1 aromatic heterocycles. The van der Waals surface area contributed by atoms with Crippen molar-refractivity contribution in [3.63, 3.8) is 0 Å². The van der Waals surface area contributed by atoms with Crippen LogP contribution < -0.4 is 5.63 Å². The monoisotopic (exact) mass is 431 g/mol. The molecule has 0 N–H and O–H groups in total. The number of rotatable bonds is 3. The number of halogens is 2. The molecule has 5 nitrogen and oxygen atoms in total. The molecule has 0 unspecified atom stereocenters. The highest BCUT2D eigenvalue weighted by molar-refractivity contribution is 8.18. The second kappa shape index (κ2) is 7.47. The number of benzene rings is 2. The van der Waals surface area contributed by atoms with Crippen LogP contribution >= 0.6 is 35.0 Å². The molecule has 0 aliphatic carbocycles. The second-order valence-electron chi connectivity index (χ2n) is 6.03. The van der Waals surface area contributed by atoms with Crippen molar-refractivity contribution in [1.82, 2.24) is 4.90 Å². The number of amides is 2. The highest BCUT2D eigenvalue weighted by Gasteiger charge is 2.35. The third kappa shape index (κ3) is 3.58. The Labute approximate surface area is 173 Å². The Kier molecular flexibility index (Phi) is 5.02. The first-order valence-corrected chi connectivity index (χ1v) is 9.72. The zero-order valence-corrected chi connectivity index (χ0v) is 16.5. The van der Waals surface area contributed by atoms with Gasteiger partial charge in [-0.15, -0.1) is 0 Å². The van der Waals surface area contributed by atoms with Gasteiger partial charge in [-0.25, -0.2) is 4.79 Å². The Morgan fingerprint density at radius 2 is 1.82 bits per heavy atom. The standard InChI is InChI=1S/C20H11Cl2NO4S/c21-14-6-5-12(15(22)9-14)10-23-18(24)17(28-20(23)26)8-13-7-11-3-1-2-4-16(11)27-19(13)25/h1-9H,10H2/b17-8+. The average Bonchev–Trinajstić information content (AvgIpc) is 2.92. The fourth-order valence-electron chi connectivity index (χ4n) is 2.78. The van der Waals surface area contributed by atoms with E-state index in [4.69, 9.17) is 27.6 Å². The van der Waals surface area contributed by atoms with Gasteiger partial charge in [-0.1, -0.05) is 47.5 Å². The van der Waals surface area contributed by atoms with Gasteiger partial charge in [0.25, 0.3) is 11.1 Å². The number of fused-ring (bicyclic) bond motifs is 1. The van der Waals surface area contributed by atoms with E-state index in [0.29, 0.717) is 21.2 Å². The van der Waals surface area contributed by atoms with Crippen molar-refractivity contribution in [2.75, 3.05) is 0 Å². The minimum atomic E-state index is -0.578. The Balaban J connectivity index is 1.65. The van der Waals surface area contributed by atoms with Crippen molar-refractivity contribution in [1.29, 1.82) is 0 Å². The molecule has 0 atom stereocenters. The number of carbonyl (C=O) groups excluding carboxylic acids is 2. The first-order chi connectivity index (χ1) is 13.4. The normalized spacial score (nSPS) is 15.8. The summed E-state index contributed by atoms with van der Waals surface area (Å²) >= 11 is 12.8. The molecule has 1 fully saturated rings. The maximum Gasteiger partial charge on any atom is 0.343 e. The van der Waals surface area contributed by atoms with E-state index in [1.807, 2.05) is 6.07 Å². The van der Waals surface area contributed by atoms with Crippen LogP contribution in [0.1, 0.15) is 11.1 Å². The third-order valence-corrected chi connectivity index (χ3v) is 5.67. The van der Waals surface area contributed by atoms with Crippen molar-refractivity contribution < 1.29 is 14.0 Å². The zero-order chi connectivity index (χ0) is 19.8. The van der Waals surface area contributed by atoms with Crippen LogP contribution in [-0.4, -0.2) is 16.0 Å². The summed E-state index contributed by atoms with van der Waals surface area (Å²) in [5, 5.41) is 1.12. The summed E-state index contributed by atoms with van der Waals surface area (Å²) in [7, 11) is 0. The smallest absolute Gasteiger partial charge is 0.343 e. The van der Waals surface area contributed by atoms with E-state index in [1.165, 1.54) is 6.08 Å². The van der Waals surface area contributed by atoms with Crippen LogP contribution in [0.5, 0.6) is 0 Å². The third-order valence-electron chi connectivity index (χ3n) is 4.17. The summed E-state index contributed by atoms with van der Waals surface area (Å²) in [5.41, 5.74) is 0.676. The Morgan fingerprint density at radius 3 is 2.61 bits per heavy atom. The van der Waals surface area contributed by atoms with Gasteiger partial charge in [0.05, 0.1) is 17.0 Å². The highest BCUT2D eigenvalue weighted by atomic mass is 35.5. The van der Waals surface area contributed by atoms with Crippen LogP contribution in [0.2, 0.25) is 10.0 Å². The average molecular weight is 432 g/mol. The van der Waals surface area contributed by atoms with Crippen LogP contribution in [0.25, 0.3) is 17.0 Å². The molecule has 28 heavy (non-hydrogen) atoms. The predicted octanol–water partition coefficient (Wildman–Crippen LogP) is 5.34. The van der Waals surface area contributed by atoms with Gasteiger partial charge in [0.15, 0.2) is 0 Å². The lowest BCUT2D eigenvalue weighted by atomic mass is 10.1. The predicted molar refractivity (Wildman–Crippen MR) is 110 cm³/mol.